The molecule has 2 fully saturated rings. The summed E-state index contributed by atoms with van der Waals surface area (Å²) < 4.78 is 0. The zero-order chi connectivity index (χ0) is 22.0. The Morgan fingerprint density at radius 1 is 1.00 bits per heavy atom. The maximum atomic E-state index is 13.7. The third kappa shape index (κ3) is 3.71. The number of rotatable bonds is 4. The first-order valence-corrected chi connectivity index (χ1v) is 11.0. The van der Waals surface area contributed by atoms with Crippen molar-refractivity contribution < 1.29 is 4.79 Å². The van der Waals surface area contributed by atoms with Crippen LogP contribution in [0.2, 0.25) is 0 Å². The van der Waals surface area contributed by atoms with Gasteiger partial charge in [0, 0.05) is 32.4 Å². The number of nitriles is 1. The van der Waals surface area contributed by atoms with Crippen molar-refractivity contribution in [3.8, 4) is 11.8 Å². The molecule has 1 spiro atoms. The minimum atomic E-state index is -0.305. The summed E-state index contributed by atoms with van der Waals surface area (Å²) >= 11 is 0. The van der Waals surface area contributed by atoms with Crippen LogP contribution in [0, 0.1) is 16.7 Å². The molecule has 0 aliphatic carbocycles. The van der Waals surface area contributed by atoms with Crippen molar-refractivity contribution in [1.29, 1.82) is 5.26 Å². The van der Waals surface area contributed by atoms with Gasteiger partial charge < -0.3 is 9.80 Å². The van der Waals surface area contributed by atoms with Crippen LogP contribution in [-0.2, 0) is 11.3 Å². The number of carbonyl (C=O) groups excluding carboxylic acids is 1. The molecule has 3 aromatic rings. The molecule has 162 valence electrons. The van der Waals surface area contributed by atoms with Crippen LogP contribution in [0.15, 0.2) is 55.0 Å². The highest BCUT2D eigenvalue weighted by Gasteiger charge is 2.45. The Kier molecular flexibility index (Phi) is 5.31. The van der Waals surface area contributed by atoms with Crippen LogP contribution >= 0.6 is 0 Å². The topological polar surface area (TPSA) is 90.9 Å². The number of nitrogens with zero attached hydrogens (tertiary/aromatic N) is 7. The lowest BCUT2D eigenvalue weighted by molar-refractivity contribution is -0.148. The maximum Gasteiger partial charge on any atom is 0.229 e. The third-order valence-corrected chi connectivity index (χ3v) is 6.73. The fourth-order valence-corrected chi connectivity index (χ4v) is 4.98. The van der Waals surface area contributed by atoms with Gasteiger partial charge in [-0.15, -0.1) is 0 Å². The molecule has 2 aliphatic heterocycles. The van der Waals surface area contributed by atoms with Gasteiger partial charge in [-0.2, -0.15) is 20.3 Å². The number of carbonyl (C=O) groups is 1. The number of piperidine rings is 2. The summed E-state index contributed by atoms with van der Waals surface area (Å²) in [6.07, 6.45) is 8.56. The molecule has 8 heteroatoms. The molecule has 0 N–H and O–H groups in total. The van der Waals surface area contributed by atoms with Gasteiger partial charge in [0.2, 0.25) is 5.91 Å². The van der Waals surface area contributed by atoms with Crippen LogP contribution in [0.5, 0.6) is 0 Å². The maximum absolute atomic E-state index is 13.7. The largest absolute Gasteiger partial charge is 0.357 e. The Morgan fingerprint density at radius 2 is 1.78 bits per heavy atom. The van der Waals surface area contributed by atoms with Gasteiger partial charge >= 0.3 is 0 Å². The van der Waals surface area contributed by atoms with E-state index in [9.17, 15) is 4.79 Å². The first kappa shape index (κ1) is 20.2. The number of anilines is 1. The fraction of sp³-hybridized carbons (Fsp3) is 0.375. The lowest BCUT2D eigenvalue weighted by Crippen LogP contribution is -2.53. The Balaban J connectivity index is 1.31. The molecule has 0 saturated carbocycles. The van der Waals surface area contributed by atoms with Gasteiger partial charge in [-0.1, -0.05) is 18.2 Å². The zero-order valence-electron chi connectivity index (χ0n) is 17.9. The molecule has 8 nitrogen and oxygen atoms in total. The average molecular weight is 428 g/mol. The van der Waals surface area contributed by atoms with E-state index in [-0.39, 0.29) is 11.3 Å². The van der Waals surface area contributed by atoms with Crippen LogP contribution in [0.1, 0.15) is 36.8 Å². The van der Waals surface area contributed by atoms with Gasteiger partial charge in [0.1, 0.15) is 5.82 Å². The van der Waals surface area contributed by atoms with Crippen molar-refractivity contribution in [1.82, 2.24) is 24.9 Å². The molecule has 2 aliphatic rings. The number of amides is 1. The highest BCUT2D eigenvalue weighted by molar-refractivity contribution is 5.84. The molecular weight excluding hydrogens is 402 g/mol. The molecule has 5 rings (SSSR count). The smallest absolute Gasteiger partial charge is 0.229 e. The van der Waals surface area contributed by atoms with Crippen LogP contribution in [-0.4, -0.2) is 50.4 Å². The Bertz CT molecular complexity index is 1140. The summed E-state index contributed by atoms with van der Waals surface area (Å²) in [7, 11) is 0. The summed E-state index contributed by atoms with van der Waals surface area (Å²) in [5, 5.41) is 17.7. The minimum Gasteiger partial charge on any atom is -0.357 e. The van der Waals surface area contributed by atoms with Crippen LogP contribution in [0.3, 0.4) is 0 Å². The number of hydrogen-bond acceptors (Lipinski definition) is 6. The summed E-state index contributed by atoms with van der Waals surface area (Å²) in [6.45, 7) is 2.88. The summed E-state index contributed by atoms with van der Waals surface area (Å²) in [5.41, 5.74) is 2.26. The molecule has 0 bridgehead atoms. The second kappa shape index (κ2) is 8.42. The molecule has 1 aromatic carbocycles. The van der Waals surface area contributed by atoms with Gasteiger partial charge in [0.15, 0.2) is 0 Å². The van der Waals surface area contributed by atoms with Crippen LogP contribution in [0.4, 0.5) is 5.82 Å². The van der Waals surface area contributed by atoms with Gasteiger partial charge in [-0.05, 0) is 49.4 Å². The van der Waals surface area contributed by atoms with Gasteiger partial charge in [-0.25, -0.2) is 4.98 Å². The fourth-order valence-electron chi connectivity index (χ4n) is 4.98. The molecule has 0 radical (unpaired) electrons. The molecule has 0 unspecified atom stereocenters. The number of aromatic nitrogens is 4. The lowest BCUT2D eigenvalue weighted by Gasteiger charge is -2.46. The van der Waals surface area contributed by atoms with Crippen molar-refractivity contribution >= 4 is 11.7 Å². The third-order valence-electron chi connectivity index (χ3n) is 6.73. The predicted octanol–water partition coefficient (Wildman–Crippen LogP) is 2.94. The second-order valence-corrected chi connectivity index (χ2v) is 8.56. The average Bonchev–Trinajstić information content (AvgIpc) is 3.38. The minimum absolute atomic E-state index is 0.255. The Morgan fingerprint density at radius 3 is 2.56 bits per heavy atom. The van der Waals surface area contributed by atoms with E-state index >= 15 is 0 Å². The van der Waals surface area contributed by atoms with E-state index in [0.717, 1.165) is 62.4 Å². The number of pyridine rings is 1. The molecule has 4 heterocycles. The normalized spacial score (nSPS) is 18.0. The number of para-hydroxylation sites is 1. The number of benzene rings is 1. The molecule has 32 heavy (non-hydrogen) atoms. The Labute approximate surface area is 187 Å². The summed E-state index contributed by atoms with van der Waals surface area (Å²) in [4.78, 5) is 23.9. The standard InChI is InChI=1S/C24H25N7O/c25-17-19-6-10-26-22(16-19)29-14-8-24(9-15-29)7-3-13-30(23(24)32)18-20-4-1-2-5-21(20)31-27-11-12-28-31/h1-2,4-6,10-12,16H,3,7-9,13-15,18H2. The van der Waals surface area contributed by atoms with E-state index in [1.165, 1.54) is 0 Å². The van der Waals surface area contributed by atoms with Crippen molar-refractivity contribution in [2.75, 3.05) is 24.5 Å². The van der Waals surface area contributed by atoms with E-state index in [2.05, 4.69) is 26.2 Å². The lowest BCUT2D eigenvalue weighted by atomic mass is 9.71. The molecule has 0 atom stereocenters. The highest BCUT2D eigenvalue weighted by Crippen LogP contribution is 2.42. The quantitative estimate of drug-likeness (QED) is 0.636. The van der Waals surface area contributed by atoms with E-state index in [4.69, 9.17) is 5.26 Å². The van der Waals surface area contributed by atoms with Crippen molar-refractivity contribution in [2.24, 2.45) is 5.41 Å². The zero-order valence-corrected chi connectivity index (χ0v) is 17.9. The highest BCUT2D eigenvalue weighted by atomic mass is 16.2. The summed E-state index contributed by atoms with van der Waals surface area (Å²) in [5.74, 6) is 1.07. The molecule has 2 aromatic heterocycles. The number of hydrogen-bond donors (Lipinski definition) is 0. The van der Waals surface area contributed by atoms with E-state index in [0.29, 0.717) is 12.1 Å². The van der Waals surface area contributed by atoms with E-state index < -0.39 is 0 Å². The van der Waals surface area contributed by atoms with Crippen LogP contribution in [0.25, 0.3) is 5.69 Å². The van der Waals surface area contributed by atoms with Crippen molar-refractivity contribution in [3.63, 3.8) is 0 Å². The number of likely N-dealkylation sites (tertiary alicyclic amines) is 1. The van der Waals surface area contributed by atoms with Gasteiger partial charge in [0.05, 0.1) is 35.1 Å². The second-order valence-electron chi connectivity index (χ2n) is 8.56. The predicted molar refractivity (Wildman–Crippen MR) is 119 cm³/mol. The van der Waals surface area contributed by atoms with Crippen molar-refractivity contribution in [3.05, 3.63) is 66.1 Å². The Hall–Kier alpha value is -3.73. The molecular formula is C24H25N7O. The monoisotopic (exact) mass is 427 g/mol. The van der Waals surface area contributed by atoms with Crippen molar-refractivity contribution in [2.45, 2.75) is 32.2 Å². The van der Waals surface area contributed by atoms with Gasteiger partial charge in [-0.3, -0.25) is 4.79 Å². The summed E-state index contributed by atoms with van der Waals surface area (Å²) in [6, 6.07) is 13.7. The van der Waals surface area contributed by atoms with E-state index in [1.54, 1.807) is 29.5 Å². The molecule has 2 saturated heterocycles. The van der Waals surface area contributed by atoms with Gasteiger partial charge in [0.25, 0.3) is 0 Å². The SMILES string of the molecule is N#Cc1ccnc(N2CCC3(CCCN(Cc4ccccc4-n4nccn4)C3=O)CC2)c1. The first-order chi connectivity index (χ1) is 15.7. The first-order valence-electron chi connectivity index (χ1n) is 11.0. The van der Waals surface area contributed by atoms with Crippen LogP contribution < -0.4 is 4.90 Å². The van der Waals surface area contributed by atoms with E-state index in [1.807, 2.05) is 35.2 Å². The molecule has 1 amide bonds.